The lowest BCUT2D eigenvalue weighted by molar-refractivity contribution is -0.126. The number of anilines is 1. The first-order valence-corrected chi connectivity index (χ1v) is 11.2. The van der Waals surface area contributed by atoms with Crippen LogP contribution in [0.1, 0.15) is 42.5 Å². The van der Waals surface area contributed by atoms with Crippen LogP contribution < -0.4 is 20.3 Å². The lowest BCUT2D eigenvalue weighted by Gasteiger charge is -2.20. The van der Waals surface area contributed by atoms with E-state index >= 15 is 0 Å². The van der Waals surface area contributed by atoms with E-state index in [9.17, 15) is 18.0 Å². The second kappa shape index (κ2) is 9.62. The summed E-state index contributed by atoms with van der Waals surface area (Å²) in [6.07, 6.45) is 4.75. The van der Waals surface area contributed by atoms with Gasteiger partial charge in [-0.1, -0.05) is 37.5 Å². The Balaban J connectivity index is 1.68. The van der Waals surface area contributed by atoms with Crippen molar-refractivity contribution in [2.75, 3.05) is 11.8 Å². The molecule has 0 unspecified atom stereocenters. The molecule has 0 radical (unpaired) electrons. The molecule has 2 amide bonds. The summed E-state index contributed by atoms with van der Waals surface area (Å²) in [6.45, 7) is 0. The molecule has 1 fully saturated rings. The normalized spacial score (nSPS) is 14.6. The molecule has 0 aliphatic heterocycles. The zero-order chi connectivity index (χ0) is 21.6. The number of carbonyl (C=O) groups excluding carboxylic acids is 2. The maximum absolute atomic E-state index is 12.7. The summed E-state index contributed by atoms with van der Waals surface area (Å²) in [5, 5.41) is 0. The fraction of sp³-hybridized carbons (Fsp3) is 0.333. The number of para-hydroxylation sites is 2. The largest absolute Gasteiger partial charge is 0.495 e. The van der Waals surface area contributed by atoms with Gasteiger partial charge in [0.05, 0.1) is 17.7 Å². The van der Waals surface area contributed by atoms with Gasteiger partial charge in [-0.05, 0) is 43.2 Å². The molecule has 9 heteroatoms. The van der Waals surface area contributed by atoms with Crippen molar-refractivity contribution in [3.05, 3.63) is 54.1 Å². The van der Waals surface area contributed by atoms with Crippen LogP contribution in [0.2, 0.25) is 0 Å². The molecule has 0 heterocycles. The number of hydrogen-bond acceptors (Lipinski definition) is 5. The fourth-order valence-electron chi connectivity index (χ4n) is 3.39. The van der Waals surface area contributed by atoms with Crippen LogP contribution >= 0.6 is 0 Å². The fourth-order valence-corrected chi connectivity index (χ4v) is 4.51. The highest BCUT2D eigenvalue weighted by molar-refractivity contribution is 7.92. The molecule has 2 aromatic rings. The van der Waals surface area contributed by atoms with Gasteiger partial charge in [0.1, 0.15) is 5.75 Å². The third-order valence-electron chi connectivity index (χ3n) is 5.03. The van der Waals surface area contributed by atoms with E-state index < -0.39 is 15.9 Å². The first kappa shape index (κ1) is 21.6. The van der Waals surface area contributed by atoms with Crippen molar-refractivity contribution in [1.29, 1.82) is 0 Å². The number of carbonyl (C=O) groups is 2. The van der Waals surface area contributed by atoms with Gasteiger partial charge in [0.2, 0.25) is 5.91 Å². The van der Waals surface area contributed by atoms with Gasteiger partial charge in [-0.2, -0.15) is 0 Å². The van der Waals surface area contributed by atoms with Gasteiger partial charge in [0.15, 0.2) is 0 Å². The predicted molar refractivity (Wildman–Crippen MR) is 112 cm³/mol. The minimum Gasteiger partial charge on any atom is -0.495 e. The van der Waals surface area contributed by atoms with Gasteiger partial charge in [0.25, 0.3) is 15.9 Å². The SMILES string of the molecule is COc1ccccc1NS(=O)(=O)c1cccc(C(=O)NNC(=O)C2CCCCC2)c1. The lowest BCUT2D eigenvalue weighted by atomic mass is 9.89. The number of methoxy groups -OCH3 is 1. The average molecular weight is 432 g/mol. The monoisotopic (exact) mass is 431 g/mol. The van der Waals surface area contributed by atoms with Crippen molar-refractivity contribution < 1.29 is 22.7 Å². The summed E-state index contributed by atoms with van der Waals surface area (Å²) < 4.78 is 33.1. The first-order chi connectivity index (χ1) is 14.4. The smallest absolute Gasteiger partial charge is 0.269 e. The molecule has 3 rings (SSSR count). The summed E-state index contributed by atoms with van der Waals surface area (Å²) in [5.41, 5.74) is 5.21. The highest BCUT2D eigenvalue weighted by atomic mass is 32.2. The minimum absolute atomic E-state index is 0.0836. The van der Waals surface area contributed by atoms with Crippen LogP contribution in [-0.2, 0) is 14.8 Å². The Bertz CT molecular complexity index is 1020. The molecule has 160 valence electrons. The Labute approximate surface area is 176 Å². The quantitative estimate of drug-likeness (QED) is 0.609. The Hall–Kier alpha value is -3.07. The Morgan fingerprint density at radius 3 is 2.43 bits per heavy atom. The van der Waals surface area contributed by atoms with Crippen molar-refractivity contribution in [3.63, 3.8) is 0 Å². The number of hydrazine groups is 1. The molecule has 1 saturated carbocycles. The van der Waals surface area contributed by atoms with Crippen LogP contribution in [-0.4, -0.2) is 27.3 Å². The van der Waals surface area contributed by atoms with Crippen molar-refractivity contribution in [3.8, 4) is 5.75 Å². The van der Waals surface area contributed by atoms with Crippen LogP contribution in [0.15, 0.2) is 53.4 Å². The number of hydrogen-bond donors (Lipinski definition) is 3. The number of benzene rings is 2. The molecule has 1 aliphatic rings. The van der Waals surface area contributed by atoms with E-state index in [1.54, 1.807) is 24.3 Å². The van der Waals surface area contributed by atoms with Crippen LogP contribution in [0.25, 0.3) is 0 Å². The molecule has 0 atom stereocenters. The zero-order valence-electron chi connectivity index (χ0n) is 16.7. The van der Waals surface area contributed by atoms with E-state index in [-0.39, 0.29) is 28.0 Å². The van der Waals surface area contributed by atoms with Crippen LogP contribution in [0.4, 0.5) is 5.69 Å². The lowest BCUT2D eigenvalue weighted by Crippen LogP contribution is -2.45. The molecule has 3 N–H and O–H groups in total. The van der Waals surface area contributed by atoms with E-state index in [0.717, 1.165) is 32.1 Å². The molecule has 2 aromatic carbocycles. The third kappa shape index (κ3) is 5.29. The summed E-state index contributed by atoms with van der Waals surface area (Å²) in [7, 11) is -2.50. The molecule has 0 spiro atoms. The topological polar surface area (TPSA) is 114 Å². The van der Waals surface area contributed by atoms with Crippen LogP contribution in [0, 0.1) is 5.92 Å². The number of amides is 2. The van der Waals surface area contributed by atoms with Crippen LogP contribution in [0.5, 0.6) is 5.75 Å². The van der Waals surface area contributed by atoms with Gasteiger partial charge in [0, 0.05) is 11.5 Å². The molecular formula is C21H25N3O5S. The Morgan fingerprint density at radius 1 is 0.967 bits per heavy atom. The first-order valence-electron chi connectivity index (χ1n) is 9.77. The van der Waals surface area contributed by atoms with Crippen molar-refractivity contribution in [1.82, 2.24) is 10.9 Å². The average Bonchev–Trinajstić information content (AvgIpc) is 2.78. The second-order valence-corrected chi connectivity index (χ2v) is 8.79. The molecule has 0 saturated heterocycles. The molecule has 30 heavy (non-hydrogen) atoms. The van der Waals surface area contributed by atoms with E-state index in [2.05, 4.69) is 15.6 Å². The number of rotatable bonds is 6. The number of ether oxygens (including phenoxy) is 1. The van der Waals surface area contributed by atoms with Gasteiger partial charge in [-0.15, -0.1) is 0 Å². The summed E-state index contributed by atoms with van der Waals surface area (Å²) in [6, 6.07) is 12.2. The highest BCUT2D eigenvalue weighted by Crippen LogP contribution is 2.26. The Kier molecular flexibility index (Phi) is 6.94. The number of nitrogens with one attached hydrogen (secondary N) is 3. The number of sulfonamides is 1. The van der Waals surface area contributed by atoms with E-state index in [0.29, 0.717) is 5.75 Å². The Morgan fingerprint density at radius 2 is 1.70 bits per heavy atom. The van der Waals surface area contributed by atoms with E-state index in [4.69, 9.17) is 4.74 Å². The molecule has 8 nitrogen and oxygen atoms in total. The maximum atomic E-state index is 12.7. The van der Waals surface area contributed by atoms with Gasteiger partial charge < -0.3 is 4.74 Å². The maximum Gasteiger partial charge on any atom is 0.269 e. The van der Waals surface area contributed by atoms with Crippen LogP contribution in [0.3, 0.4) is 0 Å². The third-order valence-corrected chi connectivity index (χ3v) is 6.40. The molecule has 1 aliphatic carbocycles. The van der Waals surface area contributed by atoms with Gasteiger partial charge in [-0.25, -0.2) is 8.42 Å². The predicted octanol–water partition coefficient (Wildman–Crippen LogP) is 2.84. The summed E-state index contributed by atoms with van der Waals surface area (Å²) in [4.78, 5) is 24.5. The minimum atomic E-state index is -3.95. The van der Waals surface area contributed by atoms with Crippen molar-refractivity contribution >= 4 is 27.5 Å². The summed E-state index contributed by atoms with van der Waals surface area (Å²) in [5.74, 6) is -0.533. The van der Waals surface area contributed by atoms with Crippen molar-refractivity contribution in [2.24, 2.45) is 5.92 Å². The highest BCUT2D eigenvalue weighted by Gasteiger charge is 2.22. The van der Waals surface area contributed by atoms with E-state index in [1.807, 2.05) is 0 Å². The van der Waals surface area contributed by atoms with Gasteiger partial charge >= 0.3 is 0 Å². The van der Waals surface area contributed by atoms with E-state index in [1.165, 1.54) is 31.4 Å². The second-order valence-electron chi connectivity index (χ2n) is 7.11. The van der Waals surface area contributed by atoms with Crippen molar-refractivity contribution in [2.45, 2.75) is 37.0 Å². The molecule has 0 aromatic heterocycles. The van der Waals surface area contributed by atoms with Gasteiger partial charge in [-0.3, -0.25) is 25.2 Å². The summed E-state index contributed by atoms with van der Waals surface area (Å²) >= 11 is 0. The zero-order valence-corrected chi connectivity index (χ0v) is 17.5. The standard InChI is InChI=1S/C21H25N3O5S/c1-29-19-13-6-5-12-18(19)24-30(27,28)17-11-7-10-16(14-17)21(26)23-22-20(25)15-8-3-2-4-9-15/h5-7,10-15,24H,2-4,8-9H2,1H3,(H,22,25)(H,23,26). The molecule has 0 bridgehead atoms. The molecular weight excluding hydrogens is 406 g/mol.